The van der Waals surface area contributed by atoms with E-state index in [9.17, 15) is 9.90 Å². The van der Waals surface area contributed by atoms with Gasteiger partial charge in [0.15, 0.2) is 0 Å². The Morgan fingerprint density at radius 2 is 2.05 bits per heavy atom. The molecule has 0 saturated heterocycles. The van der Waals surface area contributed by atoms with Crippen LogP contribution in [0.4, 0.5) is 0 Å². The summed E-state index contributed by atoms with van der Waals surface area (Å²) in [6, 6.07) is 8.59. The normalized spacial score (nSPS) is 13.7. The molecule has 0 aliphatic heterocycles. The molecule has 0 saturated carbocycles. The quantitative estimate of drug-likeness (QED) is 0.608. The van der Waals surface area contributed by atoms with E-state index in [0.717, 1.165) is 12.8 Å². The van der Waals surface area contributed by atoms with Crippen molar-refractivity contribution < 1.29 is 19.7 Å². The first kappa shape index (κ1) is 16.5. The highest BCUT2D eigenvalue weighted by Gasteiger charge is 2.17. The summed E-state index contributed by atoms with van der Waals surface area (Å²) in [5.41, 5.74) is 0. The molecule has 0 spiro atoms. The number of ether oxygens (including phenoxy) is 1. The van der Waals surface area contributed by atoms with Crippen molar-refractivity contribution in [2.45, 2.75) is 38.3 Å². The average Bonchev–Trinajstić information content (AvgIpc) is 2.46. The first-order valence-electron chi connectivity index (χ1n) is 6.95. The summed E-state index contributed by atoms with van der Waals surface area (Å²) in [7, 11) is 0. The summed E-state index contributed by atoms with van der Waals surface area (Å²) < 4.78 is 5.40. The van der Waals surface area contributed by atoms with Crippen LogP contribution in [-0.4, -0.2) is 41.5 Å². The topological polar surface area (TPSA) is 78.8 Å². The lowest BCUT2D eigenvalue weighted by atomic mass is 10.1. The molecule has 1 aromatic carbocycles. The van der Waals surface area contributed by atoms with Crippen molar-refractivity contribution >= 4 is 5.97 Å². The number of aliphatic hydroxyl groups excluding tert-OH is 1. The van der Waals surface area contributed by atoms with E-state index in [0.29, 0.717) is 12.2 Å². The first-order valence-corrected chi connectivity index (χ1v) is 6.95. The molecule has 0 amide bonds. The lowest BCUT2D eigenvalue weighted by Crippen LogP contribution is -2.42. The molecule has 2 unspecified atom stereocenters. The lowest BCUT2D eigenvalue weighted by Gasteiger charge is -2.17. The Labute approximate surface area is 119 Å². The highest BCUT2D eigenvalue weighted by Crippen LogP contribution is 2.08. The van der Waals surface area contributed by atoms with Crippen molar-refractivity contribution in [1.82, 2.24) is 5.32 Å². The number of carboxylic acids is 1. The van der Waals surface area contributed by atoms with Crippen molar-refractivity contribution in [2.24, 2.45) is 0 Å². The predicted molar refractivity (Wildman–Crippen MR) is 76.9 cm³/mol. The number of rotatable bonds is 10. The van der Waals surface area contributed by atoms with Gasteiger partial charge < -0.3 is 20.3 Å². The van der Waals surface area contributed by atoms with Gasteiger partial charge in [0.05, 0.1) is 0 Å². The summed E-state index contributed by atoms with van der Waals surface area (Å²) in [5.74, 6) is -0.193. The zero-order chi connectivity index (χ0) is 14.8. The van der Waals surface area contributed by atoms with E-state index in [4.69, 9.17) is 9.84 Å². The molecule has 5 heteroatoms. The highest BCUT2D eigenvalue weighted by atomic mass is 16.5. The molecule has 0 radical (unpaired) electrons. The zero-order valence-electron chi connectivity index (χ0n) is 11.8. The second-order valence-electron chi connectivity index (χ2n) is 4.72. The number of aliphatic carboxylic acids is 1. The molecule has 20 heavy (non-hydrogen) atoms. The fraction of sp³-hybridized carbons (Fsp3) is 0.533. The van der Waals surface area contributed by atoms with Crippen LogP contribution in [-0.2, 0) is 4.79 Å². The minimum Gasteiger partial charge on any atom is -0.491 e. The van der Waals surface area contributed by atoms with Gasteiger partial charge in [0.1, 0.15) is 24.5 Å². The van der Waals surface area contributed by atoms with E-state index in [1.54, 1.807) is 12.1 Å². The molecule has 0 fully saturated rings. The molecule has 0 bridgehead atoms. The maximum absolute atomic E-state index is 11.0. The van der Waals surface area contributed by atoms with Gasteiger partial charge in [0, 0.05) is 6.54 Å². The molecule has 1 aromatic rings. The Kier molecular flexibility index (Phi) is 7.69. The van der Waals surface area contributed by atoms with Crippen LogP contribution in [0.1, 0.15) is 26.2 Å². The molecule has 3 N–H and O–H groups in total. The maximum atomic E-state index is 11.0. The number of nitrogens with one attached hydrogen (secondary N) is 1. The standard InChI is InChI=1S/C15H23NO4/c1-2-3-9-14(15(18)19)16-10-12(17)11-20-13-7-5-4-6-8-13/h4-8,12,14,16-17H,2-3,9-11H2,1H3,(H,18,19). The van der Waals surface area contributed by atoms with Gasteiger partial charge >= 0.3 is 5.97 Å². The second kappa shape index (κ2) is 9.34. The number of carboxylic acid groups (broad SMARTS) is 1. The first-order chi connectivity index (χ1) is 9.63. The molecule has 0 heterocycles. The smallest absolute Gasteiger partial charge is 0.320 e. The Morgan fingerprint density at radius 3 is 2.65 bits per heavy atom. The van der Waals surface area contributed by atoms with Crippen LogP contribution < -0.4 is 10.1 Å². The van der Waals surface area contributed by atoms with E-state index in [1.165, 1.54) is 0 Å². The van der Waals surface area contributed by atoms with Crippen molar-refractivity contribution in [3.63, 3.8) is 0 Å². The maximum Gasteiger partial charge on any atom is 0.320 e. The van der Waals surface area contributed by atoms with E-state index in [-0.39, 0.29) is 13.2 Å². The highest BCUT2D eigenvalue weighted by molar-refractivity contribution is 5.73. The number of hydrogen-bond acceptors (Lipinski definition) is 4. The molecule has 0 aliphatic rings. The molecular formula is C15H23NO4. The fourth-order valence-corrected chi connectivity index (χ4v) is 1.77. The second-order valence-corrected chi connectivity index (χ2v) is 4.72. The average molecular weight is 281 g/mol. The number of hydrogen-bond donors (Lipinski definition) is 3. The van der Waals surface area contributed by atoms with E-state index in [2.05, 4.69) is 5.32 Å². The van der Waals surface area contributed by atoms with E-state index >= 15 is 0 Å². The van der Waals surface area contributed by atoms with Crippen LogP contribution in [0.15, 0.2) is 30.3 Å². The summed E-state index contributed by atoms with van der Waals surface area (Å²) >= 11 is 0. The Bertz CT molecular complexity index is 383. The van der Waals surface area contributed by atoms with Crippen LogP contribution in [0, 0.1) is 0 Å². The summed E-state index contributed by atoms with van der Waals surface area (Å²) in [6.45, 7) is 2.35. The van der Waals surface area contributed by atoms with E-state index in [1.807, 2.05) is 25.1 Å². The zero-order valence-corrected chi connectivity index (χ0v) is 11.8. The number of carbonyl (C=O) groups is 1. The van der Waals surface area contributed by atoms with Crippen molar-refractivity contribution in [3.05, 3.63) is 30.3 Å². The number of aliphatic hydroxyl groups is 1. The minimum absolute atomic E-state index is 0.136. The Balaban J connectivity index is 2.27. The van der Waals surface area contributed by atoms with Gasteiger partial charge in [0.2, 0.25) is 0 Å². The van der Waals surface area contributed by atoms with Gasteiger partial charge in [-0.3, -0.25) is 4.79 Å². The molecule has 112 valence electrons. The molecule has 5 nitrogen and oxygen atoms in total. The third-order valence-electron chi connectivity index (χ3n) is 2.93. The third-order valence-corrected chi connectivity index (χ3v) is 2.93. The van der Waals surface area contributed by atoms with Gasteiger partial charge in [-0.05, 0) is 18.6 Å². The number of unbranched alkanes of at least 4 members (excludes halogenated alkanes) is 1. The molecular weight excluding hydrogens is 258 g/mol. The monoisotopic (exact) mass is 281 g/mol. The van der Waals surface area contributed by atoms with Crippen molar-refractivity contribution in [3.8, 4) is 5.75 Å². The summed E-state index contributed by atoms with van der Waals surface area (Å²) in [4.78, 5) is 11.0. The van der Waals surface area contributed by atoms with Gasteiger partial charge in [-0.2, -0.15) is 0 Å². The van der Waals surface area contributed by atoms with Crippen LogP contribution in [0.25, 0.3) is 0 Å². The molecule has 0 aliphatic carbocycles. The molecule has 1 rings (SSSR count). The van der Waals surface area contributed by atoms with Crippen molar-refractivity contribution in [1.29, 1.82) is 0 Å². The van der Waals surface area contributed by atoms with Gasteiger partial charge in [-0.15, -0.1) is 0 Å². The summed E-state index contributed by atoms with van der Waals surface area (Å²) in [6.07, 6.45) is 1.63. The lowest BCUT2D eigenvalue weighted by molar-refractivity contribution is -0.139. The van der Waals surface area contributed by atoms with E-state index < -0.39 is 18.1 Å². The summed E-state index contributed by atoms with van der Waals surface area (Å²) in [5, 5.41) is 21.7. The fourth-order valence-electron chi connectivity index (χ4n) is 1.77. The molecule has 0 aromatic heterocycles. The minimum atomic E-state index is -0.880. The SMILES string of the molecule is CCCCC(NCC(O)COc1ccccc1)C(=O)O. The van der Waals surface area contributed by atoms with Crippen LogP contribution in [0.2, 0.25) is 0 Å². The van der Waals surface area contributed by atoms with Gasteiger partial charge in [0.25, 0.3) is 0 Å². The molecule has 2 atom stereocenters. The van der Waals surface area contributed by atoms with Crippen molar-refractivity contribution in [2.75, 3.05) is 13.2 Å². The van der Waals surface area contributed by atoms with Crippen LogP contribution in [0.5, 0.6) is 5.75 Å². The number of benzene rings is 1. The van der Waals surface area contributed by atoms with Gasteiger partial charge in [-0.1, -0.05) is 38.0 Å². The van der Waals surface area contributed by atoms with Gasteiger partial charge in [-0.25, -0.2) is 0 Å². The Morgan fingerprint density at radius 1 is 1.35 bits per heavy atom. The van der Waals surface area contributed by atoms with Crippen LogP contribution >= 0.6 is 0 Å². The third kappa shape index (κ3) is 6.54. The van der Waals surface area contributed by atoms with Crippen LogP contribution in [0.3, 0.4) is 0 Å². The largest absolute Gasteiger partial charge is 0.491 e. The predicted octanol–water partition coefficient (Wildman–Crippen LogP) is 1.66. The number of para-hydroxylation sites is 1. The Hall–Kier alpha value is -1.59.